The zero-order chi connectivity index (χ0) is 43.2. The molecule has 2 fully saturated rings. The molecule has 0 bridgehead atoms. The zero-order valence-electron chi connectivity index (χ0n) is 35.7. The summed E-state index contributed by atoms with van der Waals surface area (Å²) in [4.78, 5) is 20.7. The number of fused-ring (bicyclic) bond motifs is 10. The highest BCUT2D eigenvalue weighted by Crippen LogP contribution is 2.41. The zero-order valence-corrected chi connectivity index (χ0v) is 37.3. The second-order valence-electron chi connectivity index (χ2n) is 17.7. The summed E-state index contributed by atoms with van der Waals surface area (Å²) >= 11 is 13.3. The Hall–Kier alpha value is -5.65. The van der Waals surface area contributed by atoms with Crippen LogP contribution in [0.1, 0.15) is 105 Å². The third-order valence-corrected chi connectivity index (χ3v) is 13.6. The number of amidine groups is 1. The third kappa shape index (κ3) is 6.88. The van der Waals surface area contributed by atoms with Crippen molar-refractivity contribution in [3.8, 4) is 45.5 Å². The first-order chi connectivity index (χ1) is 31.2. The average molecular weight is 903 g/mol. The first kappa shape index (κ1) is 39.9. The third-order valence-electron chi connectivity index (χ3n) is 13.1. The molecule has 12 rings (SSSR count). The minimum Gasteiger partial charge on any atom is -0.373 e. The summed E-state index contributed by atoms with van der Waals surface area (Å²) in [6.07, 6.45) is 14.9. The van der Waals surface area contributed by atoms with Gasteiger partial charge in [-0.15, -0.1) is 0 Å². The molecule has 1 saturated carbocycles. The maximum Gasteiger partial charge on any atom is 0.278 e. The van der Waals surface area contributed by atoms with E-state index < -0.39 is 6.23 Å². The number of imidazole rings is 2. The van der Waals surface area contributed by atoms with Crippen molar-refractivity contribution in [2.24, 2.45) is 4.99 Å². The van der Waals surface area contributed by atoms with Crippen molar-refractivity contribution in [1.29, 1.82) is 0 Å². The lowest BCUT2D eigenvalue weighted by atomic mass is 10.0. The van der Waals surface area contributed by atoms with Gasteiger partial charge in [0.25, 0.3) is 12.2 Å². The fourth-order valence-electron chi connectivity index (χ4n) is 9.94. The highest BCUT2D eigenvalue weighted by Gasteiger charge is 2.42. The molecular weight excluding hydrogens is 855 g/mol. The van der Waals surface area contributed by atoms with Gasteiger partial charge >= 0.3 is 0 Å². The van der Waals surface area contributed by atoms with Crippen LogP contribution in [-0.4, -0.2) is 74.7 Å². The SMILES string of the molecule is CCn1cc2c(n1)-c1cc(Cl)ccc1-n1c[n+](C3CCC(Cn4cc5c(n4)-c4cc(Cl)ccc4-n4cnc(-c6nc(C(C)C)no6)c4C5)O3)c(C3=NC(COC4CCCC4)ON3)c1C2. The highest BCUT2D eigenvalue weighted by molar-refractivity contribution is 6.31. The molecule has 16 nitrogen and oxygen atoms in total. The first-order valence-corrected chi connectivity index (χ1v) is 23.1. The van der Waals surface area contributed by atoms with E-state index in [-0.39, 0.29) is 24.4 Å². The van der Waals surface area contributed by atoms with Crippen molar-refractivity contribution in [2.75, 3.05) is 6.61 Å². The molecule has 2 aromatic carbocycles. The highest BCUT2D eigenvalue weighted by atomic mass is 35.5. The van der Waals surface area contributed by atoms with E-state index >= 15 is 0 Å². The van der Waals surface area contributed by atoms with Crippen LogP contribution in [0.5, 0.6) is 0 Å². The Bertz CT molecular complexity index is 2970. The van der Waals surface area contributed by atoms with E-state index in [4.69, 9.17) is 62.2 Å². The van der Waals surface area contributed by atoms with E-state index in [1.54, 1.807) is 0 Å². The molecule has 5 aromatic heterocycles. The largest absolute Gasteiger partial charge is 0.373 e. The van der Waals surface area contributed by atoms with Crippen LogP contribution in [0.15, 0.2) is 71.0 Å². The van der Waals surface area contributed by atoms with Crippen LogP contribution in [-0.2, 0) is 40.2 Å². The summed E-state index contributed by atoms with van der Waals surface area (Å²) < 4.78 is 29.6. The fraction of sp³-hybridized carbons (Fsp3) is 0.413. The normalized spacial score (nSPS) is 20.0. The molecule has 3 unspecified atom stereocenters. The Kier molecular flexibility index (Phi) is 9.85. The minimum atomic E-state index is -0.471. The van der Waals surface area contributed by atoms with E-state index in [2.05, 4.69) is 61.0 Å². The van der Waals surface area contributed by atoms with Gasteiger partial charge in [-0.1, -0.05) is 55.0 Å². The summed E-state index contributed by atoms with van der Waals surface area (Å²) in [5, 5.41) is 15.7. The van der Waals surface area contributed by atoms with Gasteiger partial charge < -0.3 is 18.6 Å². The van der Waals surface area contributed by atoms with Gasteiger partial charge in [-0.25, -0.2) is 20.3 Å². The van der Waals surface area contributed by atoms with Crippen LogP contribution in [0.3, 0.4) is 0 Å². The van der Waals surface area contributed by atoms with Crippen LogP contribution in [0.2, 0.25) is 10.0 Å². The van der Waals surface area contributed by atoms with Gasteiger partial charge in [0.2, 0.25) is 18.1 Å². The average Bonchev–Trinajstić information content (AvgIpc) is 4.14. The fourth-order valence-corrected chi connectivity index (χ4v) is 10.3. The van der Waals surface area contributed by atoms with Crippen LogP contribution >= 0.6 is 23.2 Å². The van der Waals surface area contributed by atoms with Crippen molar-refractivity contribution in [3.05, 3.63) is 106 Å². The van der Waals surface area contributed by atoms with Crippen molar-refractivity contribution in [3.63, 3.8) is 0 Å². The van der Waals surface area contributed by atoms with Crippen molar-refractivity contribution >= 4 is 29.0 Å². The van der Waals surface area contributed by atoms with Gasteiger partial charge in [-0.05, 0) is 62.6 Å². The van der Waals surface area contributed by atoms with E-state index in [1.165, 1.54) is 12.8 Å². The summed E-state index contributed by atoms with van der Waals surface area (Å²) in [5.41, 5.74) is 14.5. The number of benzene rings is 2. The lowest BCUT2D eigenvalue weighted by Crippen LogP contribution is -2.45. The van der Waals surface area contributed by atoms with E-state index in [0.29, 0.717) is 59.3 Å². The Morgan fingerprint density at radius 3 is 2.33 bits per heavy atom. The predicted molar refractivity (Wildman–Crippen MR) is 237 cm³/mol. The van der Waals surface area contributed by atoms with Gasteiger partial charge in [0.1, 0.15) is 17.7 Å². The molecular formula is C46H47Cl2N12O4+. The minimum absolute atomic E-state index is 0.121. The Morgan fingerprint density at radius 1 is 0.875 bits per heavy atom. The van der Waals surface area contributed by atoms with Crippen LogP contribution in [0.25, 0.3) is 45.5 Å². The number of halogens is 2. The molecule has 5 aliphatic rings. The molecule has 3 atom stereocenters. The molecule has 18 heteroatoms. The number of ether oxygens (including phenoxy) is 2. The molecule has 9 heterocycles. The standard InChI is InChI=1S/C46H47Cl2N12O4/c1-4-56-19-27-16-37-43(45-50-38(63-55-45)22-61-30-7-5-6-8-30)60(24-59(37)35-13-10-29(48)18-33(35)40(27)52-56)39-14-11-31(62-39)21-57-20-26-15-36-42(46-51-44(25(2)3)54-64-46)49-23-58(36)34-12-9-28(47)17-32(34)41(26)53-57/h9-10,12-13,17-20,23-25,30-31,38-39H,4-8,11,14-16,21-22H2,1-3H3,(H,50,55)/q+1. The van der Waals surface area contributed by atoms with Gasteiger partial charge in [-0.3, -0.25) is 9.36 Å². The molecule has 1 aliphatic carbocycles. The lowest BCUT2D eigenvalue weighted by Gasteiger charge is -2.14. The smallest absolute Gasteiger partial charge is 0.278 e. The Labute approximate surface area is 378 Å². The number of aliphatic imine (C=N–C) groups is 1. The van der Waals surface area contributed by atoms with Crippen LogP contribution in [0.4, 0.5) is 0 Å². The molecule has 0 spiro atoms. The van der Waals surface area contributed by atoms with Crippen molar-refractivity contribution in [2.45, 2.75) is 116 Å². The van der Waals surface area contributed by atoms with E-state index in [1.807, 2.05) is 59.9 Å². The topological polar surface area (TPSA) is 153 Å². The second-order valence-corrected chi connectivity index (χ2v) is 18.5. The quantitative estimate of drug-likeness (QED) is 0.134. The number of hydrogen-bond donors (Lipinski definition) is 1. The van der Waals surface area contributed by atoms with Crippen LogP contribution in [0, 0.1) is 0 Å². The van der Waals surface area contributed by atoms with Gasteiger partial charge in [0, 0.05) is 70.9 Å². The van der Waals surface area contributed by atoms with Gasteiger partial charge in [-0.2, -0.15) is 24.3 Å². The summed E-state index contributed by atoms with van der Waals surface area (Å²) in [5.74, 6) is 1.81. The van der Waals surface area contributed by atoms with Gasteiger partial charge in [0.15, 0.2) is 23.0 Å². The maximum atomic E-state index is 7.03. The monoisotopic (exact) mass is 901 g/mol. The maximum absolute atomic E-state index is 7.03. The number of aromatic nitrogens is 10. The number of rotatable bonds is 10. The number of nitrogens with zero attached hydrogens (tertiary/aromatic N) is 11. The number of hydroxylamine groups is 1. The Morgan fingerprint density at radius 2 is 1.59 bits per heavy atom. The Balaban J connectivity index is 0.876. The van der Waals surface area contributed by atoms with E-state index in [9.17, 15) is 0 Å². The van der Waals surface area contributed by atoms with Gasteiger partial charge in [0.05, 0.1) is 48.0 Å². The molecule has 7 aromatic rings. The van der Waals surface area contributed by atoms with Crippen molar-refractivity contribution < 1.29 is 23.4 Å². The lowest BCUT2D eigenvalue weighted by molar-refractivity contribution is -0.759. The molecule has 64 heavy (non-hydrogen) atoms. The summed E-state index contributed by atoms with van der Waals surface area (Å²) in [6.45, 7) is 7.88. The molecule has 328 valence electrons. The molecule has 0 amide bonds. The first-order valence-electron chi connectivity index (χ1n) is 22.3. The van der Waals surface area contributed by atoms with Crippen molar-refractivity contribution in [1.82, 2.24) is 49.3 Å². The molecule has 1 saturated heterocycles. The molecule has 1 N–H and O–H groups in total. The summed E-state index contributed by atoms with van der Waals surface area (Å²) in [6, 6.07) is 11.9. The molecule has 0 radical (unpaired) electrons. The number of hydrogen-bond acceptors (Lipinski definition) is 11. The summed E-state index contributed by atoms with van der Waals surface area (Å²) in [7, 11) is 0. The second kappa shape index (κ2) is 15.8. The molecule has 4 aliphatic heterocycles. The number of aryl methyl sites for hydroxylation is 1. The predicted octanol–water partition coefficient (Wildman–Crippen LogP) is 7.93. The van der Waals surface area contributed by atoms with Crippen LogP contribution < -0.4 is 10.0 Å². The van der Waals surface area contributed by atoms with E-state index in [0.717, 1.165) is 94.3 Å². The number of nitrogens with one attached hydrogen (secondary N) is 1.